The zero-order valence-corrected chi connectivity index (χ0v) is 12.5. The predicted octanol–water partition coefficient (Wildman–Crippen LogP) is 3.78. The summed E-state index contributed by atoms with van der Waals surface area (Å²) in [5.74, 6) is 0. The number of hydrogen-bond acceptors (Lipinski definition) is 2. The minimum atomic E-state index is 0.498. The molecule has 0 bridgehead atoms. The van der Waals surface area contributed by atoms with Crippen LogP contribution in [-0.4, -0.2) is 9.78 Å². The van der Waals surface area contributed by atoms with Gasteiger partial charge in [-0.1, -0.05) is 37.1 Å². The highest BCUT2D eigenvalue weighted by molar-refractivity contribution is 5.34. The zero-order valence-electron chi connectivity index (χ0n) is 12.5. The average Bonchev–Trinajstić information content (AvgIpc) is 3.25. The first-order valence-electron chi connectivity index (χ1n) is 8.25. The van der Waals surface area contributed by atoms with Crippen LogP contribution in [0.5, 0.6) is 0 Å². The lowest BCUT2D eigenvalue weighted by Crippen LogP contribution is -2.19. The second kappa shape index (κ2) is 5.64. The highest BCUT2D eigenvalue weighted by atomic mass is 15.3. The summed E-state index contributed by atoms with van der Waals surface area (Å²) in [5.41, 5.74) is 4.16. The van der Waals surface area contributed by atoms with Crippen LogP contribution in [0, 0.1) is 0 Å². The molecule has 1 aromatic heterocycles. The molecule has 3 nitrogen and oxygen atoms in total. The summed E-state index contributed by atoms with van der Waals surface area (Å²) in [6.07, 6.45) is 9.88. The van der Waals surface area contributed by atoms with Gasteiger partial charge in [0.1, 0.15) is 0 Å². The number of benzene rings is 1. The van der Waals surface area contributed by atoms with E-state index < -0.39 is 0 Å². The molecule has 0 aliphatic heterocycles. The first-order chi connectivity index (χ1) is 10.4. The number of rotatable bonds is 4. The number of nitrogens with one attached hydrogen (secondary N) is 1. The van der Waals surface area contributed by atoms with E-state index in [1.54, 1.807) is 0 Å². The summed E-state index contributed by atoms with van der Waals surface area (Å²) < 4.78 is 2.19. The topological polar surface area (TPSA) is 29.9 Å². The summed E-state index contributed by atoms with van der Waals surface area (Å²) in [5, 5.41) is 8.45. The molecule has 2 aliphatic carbocycles. The van der Waals surface area contributed by atoms with Crippen molar-refractivity contribution in [1.82, 2.24) is 15.1 Å². The molecule has 2 aliphatic rings. The number of aryl methyl sites for hydroxylation is 1. The Morgan fingerprint density at radius 3 is 2.86 bits per heavy atom. The lowest BCUT2D eigenvalue weighted by molar-refractivity contribution is 0.456. The third-order valence-electron chi connectivity index (χ3n) is 5.02. The van der Waals surface area contributed by atoms with Gasteiger partial charge in [0.05, 0.1) is 11.7 Å². The third kappa shape index (κ3) is 2.62. The maximum Gasteiger partial charge on any atom is 0.0762 e. The molecule has 21 heavy (non-hydrogen) atoms. The molecule has 1 fully saturated rings. The van der Waals surface area contributed by atoms with Crippen LogP contribution in [0.3, 0.4) is 0 Å². The predicted molar refractivity (Wildman–Crippen MR) is 84.1 cm³/mol. The standard InChI is InChI=1S/C18H23N3/c1-4-8-17-14(5-1)9-10-18(17)19-13-15-11-12-21(20-15)16-6-2-3-7-16/h1,4-5,8,11-12,16,18-19H,2-3,6-7,9-10,13H2. The Bertz CT molecular complexity index is 610. The zero-order chi connectivity index (χ0) is 14.1. The number of aromatic nitrogens is 2. The van der Waals surface area contributed by atoms with Crippen LogP contribution in [-0.2, 0) is 13.0 Å². The summed E-state index contributed by atoms with van der Waals surface area (Å²) in [6, 6.07) is 12.1. The first kappa shape index (κ1) is 13.1. The van der Waals surface area contributed by atoms with Crippen LogP contribution in [0.2, 0.25) is 0 Å². The fraction of sp³-hybridized carbons (Fsp3) is 0.500. The van der Waals surface area contributed by atoms with Gasteiger partial charge in [-0.3, -0.25) is 4.68 Å². The minimum Gasteiger partial charge on any atom is -0.304 e. The van der Waals surface area contributed by atoms with E-state index in [0.29, 0.717) is 12.1 Å². The molecular formula is C18H23N3. The van der Waals surface area contributed by atoms with Gasteiger partial charge in [0, 0.05) is 18.8 Å². The smallest absolute Gasteiger partial charge is 0.0762 e. The molecule has 4 rings (SSSR count). The van der Waals surface area contributed by atoms with E-state index >= 15 is 0 Å². The Kier molecular flexibility index (Phi) is 3.52. The molecule has 110 valence electrons. The van der Waals surface area contributed by atoms with Crippen molar-refractivity contribution < 1.29 is 0 Å². The summed E-state index contributed by atoms with van der Waals surface area (Å²) in [4.78, 5) is 0. The maximum absolute atomic E-state index is 4.76. The van der Waals surface area contributed by atoms with Crippen LogP contribution < -0.4 is 5.32 Å². The largest absolute Gasteiger partial charge is 0.304 e. The highest BCUT2D eigenvalue weighted by Crippen LogP contribution is 2.31. The summed E-state index contributed by atoms with van der Waals surface area (Å²) in [7, 11) is 0. The van der Waals surface area contributed by atoms with Gasteiger partial charge in [0.2, 0.25) is 0 Å². The van der Waals surface area contributed by atoms with Gasteiger partial charge in [-0.25, -0.2) is 0 Å². The molecule has 0 amide bonds. The lowest BCUT2D eigenvalue weighted by Gasteiger charge is -2.13. The van der Waals surface area contributed by atoms with Gasteiger partial charge in [-0.05, 0) is 42.9 Å². The van der Waals surface area contributed by atoms with E-state index in [9.17, 15) is 0 Å². The van der Waals surface area contributed by atoms with Crippen molar-refractivity contribution >= 4 is 0 Å². The second-order valence-electron chi connectivity index (χ2n) is 6.40. The lowest BCUT2D eigenvalue weighted by atomic mass is 10.1. The molecular weight excluding hydrogens is 258 g/mol. The number of fused-ring (bicyclic) bond motifs is 1. The van der Waals surface area contributed by atoms with E-state index in [2.05, 4.69) is 46.5 Å². The Morgan fingerprint density at radius 2 is 1.95 bits per heavy atom. The molecule has 0 radical (unpaired) electrons. The van der Waals surface area contributed by atoms with Crippen LogP contribution in [0.4, 0.5) is 0 Å². The first-order valence-corrected chi connectivity index (χ1v) is 8.25. The van der Waals surface area contributed by atoms with Crippen LogP contribution in [0.25, 0.3) is 0 Å². The van der Waals surface area contributed by atoms with E-state index in [1.807, 2.05) is 0 Å². The number of hydrogen-bond donors (Lipinski definition) is 1. The van der Waals surface area contributed by atoms with E-state index in [-0.39, 0.29) is 0 Å². The quantitative estimate of drug-likeness (QED) is 0.924. The van der Waals surface area contributed by atoms with Crippen molar-refractivity contribution in [2.24, 2.45) is 0 Å². The summed E-state index contributed by atoms with van der Waals surface area (Å²) >= 11 is 0. The Hall–Kier alpha value is -1.61. The molecule has 1 saturated carbocycles. The molecule has 2 aromatic rings. The highest BCUT2D eigenvalue weighted by Gasteiger charge is 2.22. The fourth-order valence-corrected chi connectivity index (χ4v) is 3.84. The maximum atomic E-state index is 4.76. The average molecular weight is 281 g/mol. The molecule has 1 N–H and O–H groups in total. The summed E-state index contributed by atoms with van der Waals surface area (Å²) in [6.45, 7) is 0.874. The molecule has 3 heteroatoms. The van der Waals surface area contributed by atoms with Crippen LogP contribution in [0.15, 0.2) is 36.5 Å². The normalized spacial score (nSPS) is 21.8. The van der Waals surface area contributed by atoms with Gasteiger partial charge in [0.15, 0.2) is 0 Å². The van der Waals surface area contributed by atoms with Crippen LogP contribution in [0.1, 0.15) is 61.0 Å². The van der Waals surface area contributed by atoms with Crippen LogP contribution >= 0.6 is 0 Å². The van der Waals surface area contributed by atoms with Gasteiger partial charge < -0.3 is 5.32 Å². The fourth-order valence-electron chi connectivity index (χ4n) is 3.84. The Balaban J connectivity index is 1.39. The van der Waals surface area contributed by atoms with E-state index in [0.717, 1.165) is 6.54 Å². The molecule has 1 unspecified atom stereocenters. The van der Waals surface area contributed by atoms with E-state index in [1.165, 1.54) is 55.3 Å². The molecule has 0 saturated heterocycles. The second-order valence-corrected chi connectivity index (χ2v) is 6.40. The minimum absolute atomic E-state index is 0.498. The van der Waals surface area contributed by atoms with Crippen molar-refractivity contribution in [1.29, 1.82) is 0 Å². The molecule has 1 aromatic carbocycles. The van der Waals surface area contributed by atoms with Gasteiger partial charge >= 0.3 is 0 Å². The molecule has 1 atom stereocenters. The van der Waals surface area contributed by atoms with Gasteiger partial charge in [0.25, 0.3) is 0 Å². The Morgan fingerprint density at radius 1 is 1.10 bits per heavy atom. The monoisotopic (exact) mass is 281 g/mol. The molecule has 1 heterocycles. The van der Waals surface area contributed by atoms with E-state index in [4.69, 9.17) is 5.10 Å². The van der Waals surface area contributed by atoms with Crippen molar-refractivity contribution in [3.8, 4) is 0 Å². The van der Waals surface area contributed by atoms with Gasteiger partial charge in [-0.2, -0.15) is 5.10 Å². The van der Waals surface area contributed by atoms with Crippen molar-refractivity contribution in [2.45, 2.75) is 57.2 Å². The van der Waals surface area contributed by atoms with Crippen molar-refractivity contribution in [2.75, 3.05) is 0 Å². The van der Waals surface area contributed by atoms with Crippen molar-refractivity contribution in [3.05, 3.63) is 53.3 Å². The number of nitrogens with zero attached hydrogens (tertiary/aromatic N) is 2. The van der Waals surface area contributed by atoms with Crippen molar-refractivity contribution in [3.63, 3.8) is 0 Å². The third-order valence-corrected chi connectivity index (χ3v) is 5.02. The molecule has 0 spiro atoms. The SMILES string of the molecule is c1ccc2c(c1)CCC2NCc1ccn(C2CCCC2)n1. The van der Waals surface area contributed by atoms with Gasteiger partial charge in [-0.15, -0.1) is 0 Å². The Labute approximate surface area is 126 Å².